The number of anilines is 1. The Morgan fingerprint density at radius 3 is 2.43 bits per heavy atom. The lowest BCUT2D eigenvalue weighted by atomic mass is 10.2. The Bertz CT molecular complexity index is 1090. The third-order valence-corrected chi connectivity index (χ3v) is 5.51. The molecule has 9 heteroatoms. The predicted octanol–water partition coefficient (Wildman–Crippen LogP) is 3.36. The first-order valence-corrected chi connectivity index (χ1v) is 10.2. The lowest BCUT2D eigenvalue weighted by molar-refractivity contribution is 0.102. The molecule has 1 aromatic heterocycles. The molecule has 0 fully saturated rings. The van der Waals surface area contributed by atoms with Crippen molar-refractivity contribution in [3.8, 4) is 5.75 Å². The van der Waals surface area contributed by atoms with E-state index in [-0.39, 0.29) is 16.5 Å². The Morgan fingerprint density at radius 2 is 1.79 bits per heavy atom. The number of nitrogens with zero attached hydrogens (tertiary/aromatic N) is 2. The number of amides is 1. The summed E-state index contributed by atoms with van der Waals surface area (Å²) in [7, 11) is -2.31. The number of carbonyl (C=O) groups excluding carboxylic acids is 1. The highest BCUT2D eigenvalue weighted by Gasteiger charge is 2.23. The molecule has 28 heavy (non-hydrogen) atoms. The quantitative estimate of drug-likeness (QED) is 0.617. The molecule has 0 bridgehead atoms. The van der Waals surface area contributed by atoms with Crippen LogP contribution in [0.3, 0.4) is 0 Å². The zero-order valence-electron chi connectivity index (χ0n) is 14.8. The van der Waals surface area contributed by atoms with Gasteiger partial charge < -0.3 is 10.1 Å². The lowest BCUT2D eigenvalue weighted by Gasteiger charge is -2.09. The number of nitrogens with one attached hydrogen (secondary N) is 1. The van der Waals surface area contributed by atoms with E-state index in [2.05, 4.69) is 15.3 Å². The molecule has 0 atom stereocenters. The Hall–Kier alpha value is -2.97. The van der Waals surface area contributed by atoms with Crippen molar-refractivity contribution >= 4 is 33.0 Å². The molecular weight excluding hydrogens is 402 g/mol. The molecule has 0 saturated carbocycles. The van der Waals surface area contributed by atoms with E-state index in [1.54, 1.807) is 54.6 Å². The standard InChI is InChI=1S/C19H16ClN3O4S/c1-27-15-9-7-14(8-10-15)22-18(24)17-16(20)11-21-19(23-17)28(25,26)12-13-5-3-2-4-6-13/h2-11H,12H2,1H3,(H,22,24). The van der Waals surface area contributed by atoms with Crippen LogP contribution >= 0.6 is 11.6 Å². The van der Waals surface area contributed by atoms with Gasteiger partial charge >= 0.3 is 0 Å². The van der Waals surface area contributed by atoms with Crippen LogP contribution in [0.1, 0.15) is 16.1 Å². The van der Waals surface area contributed by atoms with Crippen molar-refractivity contribution in [3.63, 3.8) is 0 Å². The van der Waals surface area contributed by atoms with Crippen LogP contribution in [-0.4, -0.2) is 31.4 Å². The minimum Gasteiger partial charge on any atom is -0.497 e. The second-order valence-corrected chi connectivity index (χ2v) is 8.07. The van der Waals surface area contributed by atoms with Crippen molar-refractivity contribution < 1.29 is 17.9 Å². The van der Waals surface area contributed by atoms with Gasteiger partial charge in [0.2, 0.25) is 15.0 Å². The number of aromatic nitrogens is 2. The van der Waals surface area contributed by atoms with E-state index in [4.69, 9.17) is 16.3 Å². The number of ether oxygens (including phenoxy) is 1. The predicted molar refractivity (Wildman–Crippen MR) is 105 cm³/mol. The van der Waals surface area contributed by atoms with Crippen LogP contribution in [0, 0.1) is 0 Å². The third kappa shape index (κ3) is 4.65. The minimum atomic E-state index is -3.85. The van der Waals surface area contributed by atoms with Gasteiger partial charge in [-0.05, 0) is 29.8 Å². The normalized spacial score (nSPS) is 11.1. The maximum Gasteiger partial charge on any atom is 0.275 e. The van der Waals surface area contributed by atoms with Crippen LogP contribution in [0.4, 0.5) is 5.69 Å². The highest BCUT2D eigenvalue weighted by atomic mass is 35.5. The molecule has 0 spiro atoms. The fraction of sp³-hybridized carbons (Fsp3) is 0.105. The van der Waals surface area contributed by atoms with E-state index < -0.39 is 20.9 Å². The molecule has 144 valence electrons. The summed E-state index contributed by atoms with van der Waals surface area (Å²) in [5.74, 6) is -0.296. The Labute approximate surface area is 167 Å². The average Bonchev–Trinajstić information content (AvgIpc) is 2.69. The molecule has 0 unspecified atom stereocenters. The number of benzene rings is 2. The van der Waals surface area contributed by atoms with Gasteiger partial charge in [0.05, 0.1) is 24.1 Å². The molecule has 0 radical (unpaired) electrons. The van der Waals surface area contributed by atoms with E-state index in [9.17, 15) is 13.2 Å². The highest BCUT2D eigenvalue weighted by Crippen LogP contribution is 2.20. The van der Waals surface area contributed by atoms with Crippen molar-refractivity contribution in [1.82, 2.24) is 9.97 Å². The number of methoxy groups -OCH3 is 1. The number of sulfone groups is 1. The van der Waals surface area contributed by atoms with E-state index in [1.807, 2.05) is 0 Å². The molecule has 7 nitrogen and oxygen atoms in total. The SMILES string of the molecule is COc1ccc(NC(=O)c2nc(S(=O)(=O)Cc3ccccc3)ncc2Cl)cc1. The van der Waals surface area contributed by atoms with E-state index in [0.717, 1.165) is 6.20 Å². The van der Waals surface area contributed by atoms with E-state index >= 15 is 0 Å². The molecule has 3 aromatic rings. The van der Waals surface area contributed by atoms with Gasteiger partial charge in [-0.2, -0.15) is 0 Å². The van der Waals surface area contributed by atoms with Crippen molar-refractivity contribution in [1.29, 1.82) is 0 Å². The molecule has 0 aliphatic carbocycles. The summed E-state index contributed by atoms with van der Waals surface area (Å²) in [6, 6.07) is 15.3. The molecule has 0 aliphatic heterocycles. The van der Waals surface area contributed by atoms with Gasteiger partial charge in [0, 0.05) is 5.69 Å². The zero-order chi connectivity index (χ0) is 20.1. The summed E-state index contributed by atoms with van der Waals surface area (Å²) < 4.78 is 30.3. The first-order valence-electron chi connectivity index (χ1n) is 8.13. The Balaban J connectivity index is 1.84. The molecule has 1 N–H and O–H groups in total. The van der Waals surface area contributed by atoms with E-state index in [1.165, 1.54) is 7.11 Å². The number of carbonyl (C=O) groups is 1. The number of hydrogen-bond acceptors (Lipinski definition) is 6. The maximum atomic E-state index is 12.6. The van der Waals surface area contributed by atoms with Crippen molar-refractivity contribution in [3.05, 3.63) is 77.1 Å². The van der Waals surface area contributed by atoms with Gasteiger partial charge in [-0.15, -0.1) is 0 Å². The van der Waals surface area contributed by atoms with Crippen LogP contribution in [-0.2, 0) is 15.6 Å². The summed E-state index contributed by atoms with van der Waals surface area (Å²) >= 11 is 6.01. The number of rotatable bonds is 6. The van der Waals surface area contributed by atoms with Crippen LogP contribution in [0.25, 0.3) is 0 Å². The fourth-order valence-electron chi connectivity index (χ4n) is 2.38. The van der Waals surface area contributed by atoms with Gasteiger partial charge in [-0.3, -0.25) is 4.79 Å². The summed E-state index contributed by atoms with van der Waals surface area (Å²) in [5, 5.41) is 2.11. The monoisotopic (exact) mass is 417 g/mol. The maximum absolute atomic E-state index is 12.6. The van der Waals surface area contributed by atoms with Crippen LogP contribution in [0.2, 0.25) is 5.02 Å². The van der Waals surface area contributed by atoms with Crippen molar-refractivity contribution in [2.75, 3.05) is 12.4 Å². The summed E-state index contributed by atoms with van der Waals surface area (Å²) in [5.41, 5.74) is 0.846. The Kier molecular flexibility index (Phi) is 5.91. The fourth-order valence-corrected chi connectivity index (χ4v) is 3.76. The van der Waals surface area contributed by atoms with Crippen LogP contribution < -0.4 is 10.1 Å². The van der Waals surface area contributed by atoms with Crippen LogP contribution in [0.15, 0.2) is 66.0 Å². The highest BCUT2D eigenvalue weighted by molar-refractivity contribution is 7.90. The number of halogens is 1. The molecule has 2 aromatic carbocycles. The van der Waals surface area contributed by atoms with Gasteiger partial charge in [0.1, 0.15) is 5.75 Å². The largest absolute Gasteiger partial charge is 0.497 e. The van der Waals surface area contributed by atoms with E-state index in [0.29, 0.717) is 17.0 Å². The molecular formula is C19H16ClN3O4S. The third-order valence-electron chi connectivity index (χ3n) is 3.76. The van der Waals surface area contributed by atoms with Gasteiger partial charge in [-0.25, -0.2) is 18.4 Å². The summed E-state index contributed by atoms with van der Waals surface area (Å²) in [6.07, 6.45) is 1.11. The second-order valence-electron chi connectivity index (χ2n) is 5.78. The van der Waals surface area contributed by atoms with Gasteiger partial charge in [0.15, 0.2) is 5.69 Å². The average molecular weight is 418 g/mol. The summed E-state index contributed by atoms with van der Waals surface area (Å²) in [6.45, 7) is 0. The lowest BCUT2D eigenvalue weighted by Crippen LogP contribution is -2.18. The van der Waals surface area contributed by atoms with Gasteiger partial charge in [-0.1, -0.05) is 41.9 Å². The van der Waals surface area contributed by atoms with Crippen molar-refractivity contribution in [2.45, 2.75) is 10.9 Å². The molecule has 0 aliphatic rings. The molecule has 1 heterocycles. The Morgan fingerprint density at radius 1 is 1.11 bits per heavy atom. The van der Waals surface area contributed by atoms with Gasteiger partial charge in [0.25, 0.3) is 5.91 Å². The molecule has 1 amide bonds. The van der Waals surface area contributed by atoms with Crippen molar-refractivity contribution in [2.24, 2.45) is 0 Å². The smallest absolute Gasteiger partial charge is 0.275 e. The second kappa shape index (κ2) is 8.37. The zero-order valence-corrected chi connectivity index (χ0v) is 16.4. The summed E-state index contributed by atoms with van der Waals surface area (Å²) in [4.78, 5) is 20.2. The molecule has 0 saturated heterocycles. The first kappa shape index (κ1) is 19.8. The topological polar surface area (TPSA) is 98.2 Å². The minimum absolute atomic E-state index is 0.0512. The van der Waals surface area contributed by atoms with Crippen LogP contribution in [0.5, 0.6) is 5.75 Å². The first-order chi connectivity index (χ1) is 13.4. The molecule has 3 rings (SSSR count). The number of hydrogen-bond donors (Lipinski definition) is 1.